The van der Waals surface area contributed by atoms with E-state index in [0.717, 1.165) is 0 Å². The van der Waals surface area contributed by atoms with E-state index in [9.17, 15) is 23.9 Å². The first-order valence-corrected chi connectivity index (χ1v) is 9.46. The summed E-state index contributed by atoms with van der Waals surface area (Å²) in [5.74, 6) is -5.55. The van der Waals surface area contributed by atoms with E-state index in [1.165, 1.54) is 17.7 Å². The van der Waals surface area contributed by atoms with Gasteiger partial charge in [0.05, 0.1) is 35.0 Å². The Bertz CT molecular complexity index is 1270. The minimum atomic E-state index is -1.42. The number of fused-ring (bicyclic) bond motifs is 3. The lowest BCUT2D eigenvalue weighted by molar-refractivity contribution is 0.0510. The number of halogens is 2. The Morgan fingerprint density at radius 3 is 2.37 bits per heavy atom. The van der Waals surface area contributed by atoms with Gasteiger partial charge in [0.25, 0.3) is 0 Å². The number of pyridine rings is 1. The van der Waals surface area contributed by atoms with Crippen LogP contribution in [0.5, 0.6) is 5.75 Å². The van der Waals surface area contributed by atoms with E-state index in [2.05, 4.69) is 4.98 Å². The maximum Gasteiger partial charge on any atom is 0.358 e. The number of rotatable bonds is 5. The number of hydrogen-bond acceptors (Lipinski definition) is 6. The third-order valence-electron chi connectivity index (χ3n) is 4.99. The van der Waals surface area contributed by atoms with Crippen LogP contribution in [-0.4, -0.2) is 39.8 Å². The second kappa shape index (κ2) is 7.12. The summed E-state index contributed by atoms with van der Waals surface area (Å²) in [4.78, 5) is 40.0. The molecule has 1 aliphatic rings. The molecule has 2 heterocycles. The molecule has 30 heavy (non-hydrogen) atoms. The first kappa shape index (κ1) is 19.9. The molecule has 0 spiro atoms. The first-order valence-electron chi connectivity index (χ1n) is 9.46. The van der Waals surface area contributed by atoms with Crippen LogP contribution in [0.2, 0.25) is 0 Å². The largest absolute Gasteiger partial charge is 0.505 e. The van der Waals surface area contributed by atoms with Gasteiger partial charge in [-0.05, 0) is 26.7 Å². The van der Waals surface area contributed by atoms with Crippen molar-refractivity contribution in [3.05, 3.63) is 39.3 Å². The number of nitrogens with zero attached hydrogens (tertiary/aromatic N) is 1. The lowest BCUT2D eigenvalue weighted by Crippen LogP contribution is -2.22. The number of aromatic nitrogens is 2. The molecule has 2 N–H and O–H groups in total. The Labute approximate surface area is 168 Å². The SMILES string of the molecule is CCOC(=O)c1[nH]c2c(c1O)c(F)c(F)c1c2c(=O)c(C(=O)OCC)cn1C1CC1. The third-order valence-corrected chi connectivity index (χ3v) is 4.99. The Kier molecular flexibility index (Phi) is 4.71. The fraction of sp³-hybridized carbons (Fsp3) is 0.350. The van der Waals surface area contributed by atoms with E-state index in [1.807, 2.05) is 0 Å². The van der Waals surface area contributed by atoms with Gasteiger partial charge < -0.3 is 24.1 Å². The van der Waals surface area contributed by atoms with Crippen molar-refractivity contribution in [2.75, 3.05) is 13.2 Å². The molecule has 0 atom stereocenters. The predicted octanol–water partition coefficient (Wildman–Crippen LogP) is 3.15. The van der Waals surface area contributed by atoms with Gasteiger partial charge in [-0.1, -0.05) is 0 Å². The number of benzene rings is 1. The second-order valence-electron chi connectivity index (χ2n) is 6.90. The van der Waals surface area contributed by atoms with Crippen molar-refractivity contribution in [2.45, 2.75) is 32.7 Å². The summed E-state index contributed by atoms with van der Waals surface area (Å²) >= 11 is 0. The molecule has 10 heteroatoms. The molecule has 4 rings (SSSR count). The van der Waals surface area contributed by atoms with Crippen LogP contribution < -0.4 is 5.43 Å². The lowest BCUT2D eigenvalue weighted by Gasteiger charge is -2.14. The van der Waals surface area contributed by atoms with E-state index < -0.39 is 45.8 Å². The van der Waals surface area contributed by atoms with Crippen LogP contribution in [0.4, 0.5) is 8.78 Å². The van der Waals surface area contributed by atoms with Gasteiger partial charge in [0, 0.05) is 12.2 Å². The zero-order chi connectivity index (χ0) is 21.7. The Morgan fingerprint density at radius 1 is 1.13 bits per heavy atom. The quantitative estimate of drug-likeness (QED) is 0.614. The zero-order valence-corrected chi connectivity index (χ0v) is 16.2. The van der Waals surface area contributed by atoms with E-state index in [0.29, 0.717) is 12.8 Å². The van der Waals surface area contributed by atoms with Crippen molar-refractivity contribution < 1.29 is 33.0 Å². The zero-order valence-electron chi connectivity index (χ0n) is 16.2. The van der Waals surface area contributed by atoms with Crippen molar-refractivity contribution in [3.63, 3.8) is 0 Å². The van der Waals surface area contributed by atoms with Gasteiger partial charge in [-0.15, -0.1) is 0 Å². The highest BCUT2D eigenvalue weighted by Gasteiger charge is 2.33. The number of carbonyl (C=O) groups is 2. The minimum absolute atomic E-state index is 0.0171. The molecule has 158 valence electrons. The molecular formula is C20H18F2N2O6. The Balaban J connectivity index is 2.17. The summed E-state index contributed by atoms with van der Waals surface area (Å²) in [7, 11) is 0. The van der Waals surface area contributed by atoms with E-state index in [1.54, 1.807) is 6.92 Å². The van der Waals surface area contributed by atoms with Crippen molar-refractivity contribution in [1.82, 2.24) is 9.55 Å². The van der Waals surface area contributed by atoms with Crippen LogP contribution >= 0.6 is 0 Å². The van der Waals surface area contributed by atoms with Crippen LogP contribution in [0, 0.1) is 11.6 Å². The summed E-state index contributed by atoms with van der Waals surface area (Å²) in [6.07, 6.45) is 2.48. The molecule has 1 aromatic carbocycles. The fourth-order valence-electron chi connectivity index (χ4n) is 3.54. The molecule has 0 aliphatic heterocycles. The highest BCUT2D eigenvalue weighted by molar-refractivity contribution is 6.12. The average Bonchev–Trinajstić information content (AvgIpc) is 3.49. The van der Waals surface area contributed by atoms with E-state index in [4.69, 9.17) is 9.47 Å². The second-order valence-corrected chi connectivity index (χ2v) is 6.90. The standard InChI is InChI=1S/C20H18F2N2O6/c1-3-29-19(27)9-7-24(8-5-6-8)16-11(17(9)25)14-10(12(21)13(16)22)18(26)15(23-14)20(28)30-4-2/h7-8,23,26H,3-6H2,1-2H3. The van der Waals surface area contributed by atoms with Gasteiger partial charge in [-0.25, -0.2) is 18.4 Å². The Morgan fingerprint density at radius 2 is 1.77 bits per heavy atom. The number of ether oxygens (including phenoxy) is 2. The van der Waals surface area contributed by atoms with Gasteiger partial charge in [0.15, 0.2) is 23.1 Å². The molecular weight excluding hydrogens is 402 g/mol. The number of hydrogen-bond donors (Lipinski definition) is 2. The van der Waals surface area contributed by atoms with Crippen molar-refractivity contribution in [2.24, 2.45) is 0 Å². The Hall–Kier alpha value is -3.43. The van der Waals surface area contributed by atoms with Gasteiger partial charge >= 0.3 is 11.9 Å². The van der Waals surface area contributed by atoms with Gasteiger partial charge in [-0.2, -0.15) is 0 Å². The van der Waals surface area contributed by atoms with E-state index in [-0.39, 0.29) is 41.2 Å². The van der Waals surface area contributed by atoms with Crippen molar-refractivity contribution >= 4 is 33.7 Å². The number of nitrogens with one attached hydrogen (secondary N) is 1. The first-order chi connectivity index (χ1) is 14.3. The smallest absolute Gasteiger partial charge is 0.358 e. The van der Waals surface area contributed by atoms with Crippen LogP contribution in [0.25, 0.3) is 21.8 Å². The molecule has 0 bridgehead atoms. The van der Waals surface area contributed by atoms with Crippen LogP contribution in [0.15, 0.2) is 11.0 Å². The maximum atomic E-state index is 15.1. The van der Waals surface area contributed by atoms with Crippen molar-refractivity contribution in [3.8, 4) is 5.75 Å². The summed E-state index contributed by atoms with van der Waals surface area (Å²) < 4.78 is 41.1. The molecule has 0 amide bonds. The van der Waals surface area contributed by atoms with Crippen LogP contribution in [-0.2, 0) is 9.47 Å². The molecule has 1 aliphatic carbocycles. The highest BCUT2D eigenvalue weighted by atomic mass is 19.2. The molecule has 0 unspecified atom stereocenters. The molecule has 2 aromatic heterocycles. The van der Waals surface area contributed by atoms with Crippen LogP contribution in [0.3, 0.4) is 0 Å². The van der Waals surface area contributed by atoms with Gasteiger partial charge in [-0.3, -0.25) is 4.79 Å². The van der Waals surface area contributed by atoms with Gasteiger partial charge in [0.1, 0.15) is 5.56 Å². The number of esters is 2. The molecule has 1 fully saturated rings. The van der Waals surface area contributed by atoms with E-state index >= 15 is 4.39 Å². The number of carbonyl (C=O) groups excluding carboxylic acids is 2. The van der Waals surface area contributed by atoms with Crippen molar-refractivity contribution in [1.29, 1.82) is 0 Å². The topological polar surface area (TPSA) is 111 Å². The fourth-order valence-corrected chi connectivity index (χ4v) is 3.54. The minimum Gasteiger partial charge on any atom is -0.505 e. The lowest BCUT2D eigenvalue weighted by atomic mass is 10.1. The number of aromatic amines is 1. The molecule has 0 saturated heterocycles. The highest BCUT2D eigenvalue weighted by Crippen LogP contribution is 2.42. The normalized spacial score (nSPS) is 13.7. The number of H-pyrrole nitrogens is 1. The monoisotopic (exact) mass is 420 g/mol. The maximum absolute atomic E-state index is 15.1. The van der Waals surface area contributed by atoms with Gasteiger partial charge in [0.2, 0.25) is 5.43 Å². The summed E-state index contributed by atoms with van der Waals surface area (Å²) in [5.41, 5.74) is -2.42. The summed E-state index contributed by atoms with van der Waals surface area (Å²) in [6.45, 7) is 3.10. The summed E-state index contributed by atoms with van der Waals surface area (Å²) in [5, 5.41) is 9.34. The number of aromatic hydroxyl groups is 1. The molecule has 3 aromatic rings. The summed E-state index contributed by atoms with van der Waals surface area (Å²) in [6, 6.07) is -0.222. The molecule has 1 saturated carbocycles. The molecule has 8 nitrogen and oxygen atoms in total. The third kappa shape index (κ3) is 2.82. The van der Waals surface area contributed by atoms with Crippen LogP contribution in [0.1, 0.15) is 53.6 Å². The molecule has 0 radical (unpaired) electrons. The average molecular weight is 420 g/mol. The predicted molar refractivity (Wildman–Crippen MR) is 102 cm³/mol.